The molecule has 0 aliphatic heterocycles. The molecular formula is C15H14Cl3N. The van der Waals surface area contributed by atoms with Crippen molar-refractivity contribution < 1.29 is 0 Å². The number of halogens is 3. The zero-order valence-electron chi connectivity index (χ0n) is 10.7. The van der Waals surface area contributed by atoms with Crippen molar-refractivity contribution in [2.45, 2.75) is 19.9 Å². The first-order valence-corrected chi connectivity index (χ1v) is 7.00. The Morgan fingerprint density at radius 3 is 2.11 bits per heavy atom. The van der Waals surface area contributed by atoms with Crippen LogP contribution in [0.15, 0.2) is 30.3 Å². The molecule has 2 rings (SSSR count). The summed E-state index contributed by atoms with van der Waals surface area (Å²) in [5.41, 5.74) is 10.2. The van der Waals surface area contributed by atoms with Crippen LogP contribution in [0.25, 0.3) is 0 Å². The number of aryl methyl sites for hydroxylation is 2. The molecule has 0 aliphatic carbocycles. The monoisotopic (exact) mass is 313 g/mol. The Kier molecular flexibility index (Phi) is 4.42. The summed E-state index contributed by atoms with van der Waals surface area (Å²) in [5.74, 6) is 0. The summed E-state index contributed by atoms with van der Waals surface area (Å²) in [6.07, 6.45) is 0. The molecule has 1 nitrogen and oxygen atoms in total. The van der Waals surface area contributed by atoms with E-state index in [0.717, 1.165) is 22.3 Å². The highest BCUT2D eigenvalue weighted by Gasteiger charge is 2.16. The van der Waals surface area contributed by atoms with Crippen LogP contribution in [-0.4, -0.2) is 0 Å². The van der Waals surface area contributed by atoms with Crippen LogP contribution in [0.3, 0.4) is 0 Å². The second-order valence-electron chi connectivity index (χ2n) is 4.60. The zero-order chi connectivity index (χ0) is 14.2. The smallest absolute Gasteiger partial charge is 0.0581 e. The van der Waals surface area contributed by atoms with Crippen molar-refractivity contribution in [3.05, 3.63) is 67.7 Å². The molecule has 4 heteroatoms. The molecule has 0 aromatic heterocycles. The number of rotatable bonds is 2. The third kappa shape index (κ3) is 3.06. The van der Waals surface area contributed by atoms with Gasteiger partial charge < -0.3 is 5.73 Å². The van der Waals surface area contributed by atoms with Crippen LogP contribution in [0, 0.1) is 13.8 Å². The summed E-state index contributed by atoms with van der Waals surface area (Å²) in [6, 6.07) is 8.79. The average Bonchev–Trinajstić information content (AvgIpc) is 2.36. The Balaban J connectivity index is 2.52. The minimum absolute atomic E-state index is 0.391. The van der Waals surface area contributed by atoms with Crippen molar-refractivity contribution in [1.29, 1.82) is 0 Å². The predicted octanol–water partition coefficient (Wildman–Crippen LogP) is 5.31. The lowest BCUT2D eigenvalue weighted by molar-refractivity contribution is 0.869. The first kappa shape index (κ1) is 14.7. The van der Waals surface area contributed by atoms with Gasteiger partial charge in [-0.25, -0.2) is 0 Å². The van der Waals surface area contributed by atoms with E-state index in [9.17, 15) is 0 Å². The third-order valence-corrected chi connectivity index (χ3v) is 4.15. The van der Waals surface area contributed by atoms with Crippen LogP contribution >= 0.6 is 34.8 Å². The first-order valence-electron chi connectivity index (χ1n) is 5.87. The van der Waals surface area contributed by atoms with Crippen LogP contribution in [0.1, 0.15) is 28.3 Å². The number of benzene rings is 2. The van der Waals surface area contributed by atoms with E-state index in [1.807, 2.05) is 26.0 Å². The van der Waals surface area contributed by atoms with Gasteiger partial charge in [0.05, 0.1) is 6.04 Å². The number of hydrogen-bond donors (Lipinski definition) is 1. The molecule has 2 aromatic rings. The standard InChI is InChI=1S/C15H14Cl3N/c1-8-5-11(14(18)6-9(8)2)15(19)12-7-10(16)3-4-13(12)17/h3-7,15H,19H2,1-2H3. The molecule has 0 fully saturated rings. The molecule has 2 N–H and O–H groups in total. The average molecular weight is 315 g/mol. The van der Waals surface area contributed by atoms with E-state index in [0.29, 0.717) is 15.1 Å². The van der Waals surface area contributed by atoms with Crippen LogP contribution in [-0.2, 0) is 0 Å². The van der Waals surface area contributed by atoms with Gasteiger partial charge >= 0.3 is 0 Å². The molecule has 2 aromatic carbocycles. The number of hydrogen-bond acceptors (Lipinski definition) is 1. The van der Waals surface area contributed by atoms with E-state index in [4.69, 9.17) is 40.5 Å². The Labute approximate surface area is 128 Å². The van der Waals surface area contributed by atoms with E-state index in [1.165, 1.54) is 0 Å². The lowest BCUT2D eigenvalue weighted by Gasteiger charge is -2.17. The van der Waals surface area contributed by atoms with Gasteiger partial charge in [-0.3, -0.25) is 0 Å². The van der Waals surface area contributed by atoms with Crippen molar-refractivity contribution in [1.82, 2.24) is 0 Å². The molecule has 0 saturated carbocycles. The van der Waals surface area contributed by atoms with E-state index >= 15 is 0 Å². The van der Waals surface area contributed by atoms with Crippen LogP contribution in [0.5, 0.6) is 0 Å². The molecule has 0 heterocycles. The maximum absolute atomic E-state index is 6.28. The molecule has 0 saturated heterocycles. The molecule has 19 heavy (non-hydrogen) atoms. The second-order valence-corrected chi connectivity index (χ2v) is 5.85. The van der Waals surface area contributed by atoms with Crippen LogP contribution in [0.2, 0.25) is 15.1 Å². The van der Waals surface area contributed by atoms with E-state index in [2.05, 4.69) is 0 Å². The van der Waals surface area contributed by atoms with Gasteiger partial charge in [0.1, 0.15) is 0 Å². The minimum atomic E-state index is -0.391. The SMILES string of the molecule is Cc1cc(Cl)c(C(N)c2cc(Cl)ccc2Cl)cc1C. The summed E-state index contributed by atoms with van der Waals surface area (Å²) in [4.78, 5) is 0. The van der Waals surface area contributed by atoms with Gasteiger partial charge in [-0.05, 0) is 60.4 Å². The highest BCUT2D eigenvalue weighted by Crippen LogP contribution is 2.33. The molecule has 100 valence electrons. The van der Waals surface area contributed by atoms with Crippen molar-refractivity contribution in [2.75, 3.05) is 0 Å². The van der Waals surface area contributed by atoms with E-state index in [1.54, 1.807) is 18.2 Å². The topological polar surface area (TPSA) is 26.0 Å². The predicted molar refractivity (Wildman–Crippen MR) is 83.4 cm³/mol. The first-order chi connectivity index (χ1) is 8.90. The van der Waals surface area contributed by atoms with Crippen molar-refractivity contribution in [3.8, 4) is 0 Å². The Bertz CT molecular complexity index is 623. The minimum Gasteiger partial charge on any atom is -0.320 e. The molecule has 1 unspecified atom stereocenters. The van der Waals surface area contributed by atoms with Crippen molar-refractivity contribution in [2.24, 2.45) is 5.73 Å². The summed E-state index contributed by atoms with van der Waals surface area (Å²) >= 11 is 18.5. The maximum Gasteiger partial charge on any atom is 0.0581 e. The fourth-order valence-electron chi connectivity index (χ4n) is 1.96. The molecule has 1 atom stereocenters. The van der Waals surface area contributed by atoms with Crippen molar-refractivity contribution >= 4 is 34.8 Å². The van der Waals surface area contributed by atoms with Crippen LogP contribution in [0.4, 0.5) is 0 Å². The fraction of sp³-hybridized carbons (Fsp3) is 0.200. The van der Waals surface area contributed by atoms with Crippen LogP contribution < -0.4 is 5.73 Å². The van der Waals surface area contributed by atoms with Gasteiger partial charge in [0.2, 0.25) is 0 Å². The summed E-state index contributed by atoms with van der Waals surface area (Å²) in [7, 11) is 0. The van der Waals surface area contributed by atoms with Gasteiger partial charge in [-0.1, -0.05) is 40.9 Å². The third-order valence-electron chi connectivity index (χ3n) is 3.24. The fourth-order valence-corrected chi connectivity index (χ4v) is 2.71. The highest BCUT2D eigenvalue weighted by atomic mass is 35.5. The van der Waals surface area contributed by atoms with Gasteiger partial charge in [-0.15, -0.1) is 0 Å². The molecular weight excluding hydrogens is 301 g/mol. The molecule has 0 radical (unpaired) electrons. The van der Waals surface area contributed by atoms with Gasteiger partial charge in [-0.2, -0.15) is 0 Å². The van der Waals surface area contributed by atoms with Gasteiger partial charge in [0.25, 0.3) is 0 Å². The zero-order valence-corrected chi connectivity index (χ0v) is 12.9. The Hall–Kier alpha value is -0.730. The van der Waals surface area contributed by atoms with Gasteiger partial charge in [0.15, 0.2) is 0 Å². The number of nitrogens with two attached hydrogens (primary N) is 1. The summed E-state index contributed by atoms with van der Waals surface area (Å²) in [6.45, 7) is 4.05. The highest BCUT2D eigenvalue weighted by molar-refractivity contribution is 6.34. The summed E-state index contributed by atoms with van der Waals surface area (Å²) < 4.78 is 0. The maximum atomic E-state index is 6.28. The quantitative estimate of drug-likeness (QED) is 0.798. The summed E-state index contributed by atoms with van der Waals surface area (Å²) in [5, 5.41) is 1.84. The second kappa shape index (κ2) is 5.72. The van der Waals surface area contributed by atoms with E-state index in [-0.39, 0.29) is 0 Å². The van der Waals surface area contributed by atoms with E-state index < -0.39 is 6.04 Å². The lowest BCUT2D eigenvalue weighted by atomic mass is 9.96. The molecule has 0 bridgehead atoms. The van der Waals surface area contributed by atoms with Crippen molar-refractivity contribution in [3.63, 3.8) is 0 Å². The Morgan fingerprint density at radius 2 is 1.42 bits per heavy atom. The van der Waals surface area contributed by atoms with Gasteiger partial charge in [0, 0.05) is 15.1 Å². The molecule has 0 spiro atoms. The molecule has 0 aliphatic rings. The Morgan fingerprint density at radius 1 is 0.842 bits per heavy atom. The molecule has 0 amide bonds. The normalized spacial score (nSPS) is 12.5. The lowest BCUT2D eigenvalue weighted by Crippen LogP contribution is -2.13. The largest absolute Gasteiger partial charge is 0.320 e.